The van der Waals surface area contributed by atoms with Gasteiger partial charge in [-0.05, 0) is 17.7 Å². The average Bonchev–Trinajstić information content (AvgIpc) is 2.46. The SMILES string of the molecule is Clc1ccccc1CSc1cnnc2ccccc12. The number of rotatable bonds is 3. The predicted molar refractivity (Wildman–Crippen MR) is 80.6 cm³/mol. The Morgan fingerprint density at radius 1 is 1.00 bits per heavy atom. The van der Waals surface area contributed by atoms with Crippen LogP contribution < -0.4 is 0 Å². The van der Waals surface area contributed by atoms with Crippen LogP contribution in [-0.4, -0.2) is 10.2 Å². The van der Waals surface area contributed by atoms with Crippen molar-refractivity contribution in [1.82, 2.24) is 10.2 Å². The minimum atomic E-state index is 0.807. The van der Waals surface area contributed by atoms with Crippen LogP contribution in [0.5, 0.6) is 0 Å². The lowest BCUT2D eigenvalue weighted by molar-refractivity contribution is 1.05. The van der Waals surface area contributed by atoms with Crippen LogP contribution in [0.1, 0.15) is 5.56 Å². The highest BCUT2D eigenvalue weighted by molar-refractivity contribution is 7.98. The van der Waals surface area contributed by atoms with Gasteiger partial charge in [-0.15, -0.1) is 11.8 Å². The molecule has 0 atom stereocenters. The summed E-state index contributed by atoms with van der Waals surface area (Å²) in [4.78, 5) is 1.13. The van der Waals surface area contributed by atoms with Gasteiger partial charge >= 0.3 is 0 Å². The lowest BCUT2D eigenvalue weighted by atomic mass is 10.2. The van der Waals surface area contributed by atoms with Crippen molar-refractivity contribution >= 4 is 34.3 Å². The molecule has 0 radical (unpaired) electrons. The number of halogens is 1. The molecule has 19 heavy (non-hydrogen) atoms. The molecule has 0 aliphatic carbocycles. The van der Waals surface area contributed by atoms with Crippen molar-refractivity contribution in [2.75, 3.05) is 0 Å². The van der Waals surface area contributed by atoms with Gasteiger partial charge in [0.15, 0.2) is 0 Å². The summed E-state index contributed by atoms with van der Waals surface area (Å²) >= 11 is 7.90. The van der Waals surface area contributed by atoms with E-state index in [1.807, 2.05) is 48.7 Å². The molecule has 1 heterocycles. The quantitative estimate of drug-likeness (QED) is 0.659. The van der Waals surface area contributed by atoms with Crippen molar-refractivity contribution in [3.8, 4) is 0 Å². The minimum absolute atomic E-state index is 0.807. The van der Waals surface area contributed by atoms with Gasteiger partial charge in [0.05, 0.1) is 11.7 Å². The molecule has 0 unspecified atom stereocenters. The molecule has 2 aromatic carbocycles. The molecule has 94 valence electrons. The van der Waals surface area contributed by atoms with E-state index in [0.717, 1.165) is 32.1 Å². The van der Waals surface area contributed by atoms with Gasteiger partial charge in [-0.1, -0.05) is 48.0 Å². The van der Waals surface area contributed by atoms with Crippen LogP contribution >= 0.6 is 23.4 Å². The van der Waals surface area contributed by atoms with Gasteiger partial charge in [0.25, 0.3) is 0 Å². The molecule has 1 aromatic heterocycles. The largest absolute Gasteiger partial charge is 0.157 e. The number of aromatic nitrogens is 2. The van der Waals surface area contributed by atoms with Gasteiger partial charge in [0.2, 0.25) is 0 Å². The maximum Gasteiger partial charge on any atom is 0.0940 e. The fourth-order valence-electron chi connectivity index (χ4n) is 1.87. The van der Waals surface area contributed by atoms with Gasteiger partial charge in [-0.3, -0.25) is 0 Å². The minimum Gasteiger partial charge on any atom is -0.157 e. The van der Waals surface area contributed by atoms with E-state index in [1.165, 1.54) is 0 Å². The fraction of sp³-hybridized carbons (Fsp3) is 0.0667. The zero-order valence-electron chi connectivity index (χ0n) is 10.1. The molecule has 0 saturated heterocycles. The fourth-order valence-corrected chi connectivity index (χ4v) is 3.16. The monoisotopic (exact) mass is 286 g/mol. The van der Waals surface area contributed by atoms with E-state index in [2.05, 4.69) is 16.3 Å². The van der Waals surface area contributed by atoms with E-state index < -0.39 is 0 Å². The molecule has 0 bridgehead atoms. The highest BCUT2D eigenvalue weighted by Gasteiger charge is 2.05. The van der Waals surface area contributed by atoms with Crippen LogP contribution in [0.15, 0.2) is 59.6 Å². The molecule has 2 nitrogen and oxygen atoms in total. The lowest BCUT2D eigenvalue weighted by Gasteiger charge is -2.06. The standard InChI is InChI=1S/C15H11ClN2S/c16-13-7-3-1-5-11(13)10-19-15-9-17-18-14-8-4-2-6-12(14)15/h1-9H,10H2. The second-order valence-electron chi connectivity index (χ2n) is 4.11. The van der Waals surface area contributed by atoms with E-state index in [1.54, 1.807) is 11.8 Å². The van der Waals surface area contributed by atoms with Crippen molar-refractivity contribution in [1.29, 1.82) is 0 Å². The van der Waals surface area contributed by atoms with Crippen molar-refractivity contribution in [3.63, 3.8) is 0 Å². The molecule has 0 aliphatic heterocycles. The summed E-state index contributed by atoms with van der Waals surface area (Å²) in [7, 11) is 0. The smallest absolute Gasteiger partial charge is 0.0940 e. The first-order valence-corrected chi connectivity index (χ1v) is 7.27. The van der Waals surface area contributed by atoms with Crippen molar-refractivity contribution < 1.29 is 0 Å². The molecule has 3 aromatic rings. The Morgan fingerprint density at radius 2 is 1.79 bits per heavy atom. The zero-order valence-corrected chi connectivity index (χ0v) is 11.7. The first-order valence-electron chi connectivity index (χ1n) is 5.91. The molecule has 0 spiro atoms. The second kappa shape index (κ2) is 5.59. The molecule has 0 saturated carbocycles. The van der Waals surface area contributed by atoms with Gasteiger partial charge in [-0.2, -0.15) is 10.2 Å². The maximum atomic E-state index is 6.17. The van der Waals surface area contributed by atoms with Crippen molar-refractivity contribution in [2.45, 2.75) is 10.6 Å². The van der Waals surface area contributed by atoms with Crippen molar-refractivity contribution in [2.24, 2.45) is 0 Å². The highest BCUT2D eigenvalue weighted by Crippen LogP contribution is 2.30. The molecule has 0 amide bonds. The Bertz CT molecular complexity index is 710. The van der Waals surface area contributed by atoms with Crippen molar-refractivity contribution in [3.05, 3.63) is 65.3 Å². The summed E-state index contributed by atoms with van der Waals surface area (Å²) in [6, 6.07) is 15.9. The first-order chi connectivity index (χ1) is 9.34. The van der Waals surface area contributed by atoms with E-state index in [4.69, 9.17) is 11.6 Å². The van der Waals surface area contributed by atoms with Crippen LogP contribution in [0.3, 0.4) is 0 Å². The summed E-state index contributed by atoms with van der Waals surface area (Å²) in [6.45, 7) is 0. The Hall–Kier alpha value is -1.58. The predicted octanol–water partition coefficient (Wildman–Crippen LogP) is 4.58. The third-order valence-corrected chi connectivity index (χ3v) is 4.31. The average molecular weight is 287 g/mol. The van der Waals surface area contributed by atoms with E-state index in [0.29, 0.717) is 0 Å². The number of nitrogens with zero attached hydrogens (tertiary/aromatic N) is 2. The summed E-state index contributed by atoms with van der Waals surface area (Å²) in [6.07, 6.45) is 1.81. The van der Waals surface area contributed by atoms with E-state index in [-0.39, 0.29) is 0 Å². The molecule has 4 heteroatoms. The second-order valence-corrected chi connectivity index (χ2v) is 5.53. The summed E-state index contributed by atoms with van der Waals surface area (Å²) in [5.41, 5.74) is 2.06. The first kappa shape index (κ1) is 12.5. The van der Waals surface area contributed by atoms with E-state index in [9.17, 15) is 0 Å². The molecule has 3 rings (SSSR count). The van der Waals surface area contributed by atoms with Gasteiger partial charge in [0, 0.05) is 21.1 Å². The van der Waals surface area contributed by atoms with Gasteiger partial charge in [-0.25, -0.2) is 0 Å². The third-order valence-electron chi connectivity index (χ3n) is 2.85. The Balaban J connectivity index is 1.88. The third kappa shape index (κ3) is 2.72. The Labute approximate surface area is 120 Å². The topological polar surface area (TPSA) is 25.8 Å². The number of fused-ring (bicyclic) bond motifs is 1. The molecular formula is C15H11ClN2S. The molecular weight excluding hydrogens is 276 g/mol. The number of hydrogen-bond donors (Lipinski definition) is 0. The highest BCUT2D eigenvalue weighted by atomic mass is 35.5. The van der Waals surface area contributed by atoms with Crippen LogP contribution in [0.4, 0.5) is 0 Å². The Morgan fingerprint density at radius 3 is 2.68 bits per heavy atom. The number of thioether (sulfide) groups is 1. The lowest BCUT2D eigenvalue weighted by Crippen LogP contribution is -1.87. The molecule has 0 fully saturated rings. The van der Waals surface area contributed by atoms with Crippen LogP contribution in [0, 0.1) is 0 Å². The maximum absolute atomic E-state index is 6.17. The van der Waals surface area contributed by atoms with Gasteiger partial charge in [0.1, 0.15) is 0 Å². The van der Waals surface area contributed by atoms with Crippen LogP contribution in [-0.2, 0) is 5.75 Å². The molecule has 0 N–H and O–H groups in total. The number of hydrogen-bond acceptors (Lipinski definition) is 3. The van der Waals surface area contributed by atoms with Gasteiger partial charge < -0.3 is 0 Å². The summed E-state index contributed by atoms with van der Waals surface area (Å²) in [5.74, 6) is 0.829. The van der Waals surface area contributed by atoms with E-state index >= 15 is 0 Å². The zero-order chi connectivity index (χ0) is 13.1. The Kier molecular flexibility index (Phi) is 3.67. The van der Waals surface area contributed by atoms with Crippen LogP contribution in [0.2, 0.25) is 5.02 Å². The summed E-state index contributed by atoms with van der Waals surface area (Å²) < 4.78 is 0. The normalized spacial score (nSPS) is 10.8. The van der Waals surface area contributed by atoms with Crippen LogP contribution in [0.25, 0.3) is 10.9 Å². The summed E-state index contributed by atoms with van der Waals surface area (Å²) in [5, 5.41) is 10.1. The number of benzene rings is 2. The molecule has 0 aliphatic rings.